The third-order valence-corrected chi connectivity index (χ3v) is 14.3. The standard InChI is InChI=1S/C53H45N5O8S2/c1-57(2)37-20-16-35(17-21-37)55-56-36-18-23-40(24-19-36)67-30-34-31-68-52-41(51(63)58(52)48(34)53(64)66-49(32-10-5-3-6-11-32)33-12-7-4-8-13-33)28-38(59)14-9-15-44(61)47-45(62)27-26-43-50(47)65-46-29-39(60)22-25-42(46)54-43/h3-8,10-13,16-27,29,41,49,52,61H,9,14-15,28,30-31H2,1-2H3. The Morgan fingerprint density at radius 1 is 0.838 bits per heavy atom. The maximum absolute atomic E-state index is 14.6. The third-order valence-electron chi connectivity index (χ3n) is 11.8. The SMILES string of the molecule is CN(C)c1ccc(N=Nc2ccc(SCC3=C(C(=O)OC(c4ccccc4)c4ccccc4)N4C(=O)C(CC(=O)CCCC(O)=c5c(=O)ccc6nc7ccc(=O)cc7oc56)C4SC3)cc2)cc1. The number of esters is 1. The zero-order valence-electron chi connectivity index (χ0n) is 37.1. The first-order chi connectivity index (χ1) is 33.0. The molecule has 7 aromatic rings. The van der Waals surface area contributed by atoms with Crippen LogP contribution >= 0.6 is 23.5 Å². The number of aliphatic hydroxyl groups is 1. The van der Waals surface area contributed by atoms with Gasteiger partial charge in [-0.2, -0.15) is 10.2 Å². The van der Waals surface area contributed by atoms with Crippen LogP contribution in [0.15, 0.2) is 180 Å². The number of rotatable bonds is 16. The summed E-state index contributed by atoms with van der Waals surface area (Å²) in [5.41, 5.74) is 5.18. The molecule has 342 valence electrons. The molecule has 2 unspecified atom stereocenters. The molecule has 0 saturated carbocycles. The van der Waals surface area contributed by atoms with E-state index in [0.717, 1.165) is 33.0 Å². The maximum atomic E-state index is 14.6. The molecule has 1 saturated heterocycles. The van der Waals surface area contributed by atoms with Gasteiger partial charge in [-0.3, -0.25) is 24.1 Å². The summed E-state index contributed by atoms with van der Waals surface area (Å²) in [5.74, 6) is -1.25. The number of benzene rings is 6. The van der Waals surface area contributed by atoms with Crippen molar-refractivity contribution in [2.24, 2.45) is 16.1 Å². The molecule has 15 heteroatoms. The molecule has 1 N–H and O–H groups in total. The molecule has 6 aromatic carbocycles. The molecule has 3 heterocycles. The number of thioether (sulfide) groups is 2. The number of anilines is 1. The molecule has 0 spiro atoms. The molecule has 68 heavy (non-hydrogen) atoms. The Morgan fingerprint density at radius 3 is 2.15 bits per heavy atom. The lowest BCUT2D eigenvalue weighted by atomic mass is 9.89. The van der Waals surface area contributed by atoms with Crippen LogP contribution in [0, 0.1) is 5.92 Å². The first kappa shape index (κ1) is 45.8. The van der Waals surface area contributed by atoms with Crippen LogP contribution in [0.4, 0.5) is 17.1 Å². The molecule has 0 aliphatic carbocycles. The average molecular weight is 944 g/mol. The maximum Gasteiger partial charge on any atom is 0.356 e. The number of Topliss-reactive ketones (excluding diaryl/α,β-unsaturated/α-hetero) is 1. The fourth-order valence-corrected chi connectivity index (χ4v) is 10.7. The van der Waals surface area contributed by atoms with Crippen LogP contribution in [-0.4, -0.2) is 63.6 Å². The number of ether oxygens (including phenoxy) is 1. The molecule has 2 aliphatic rings. The Kier molecular flexibility index (Phi) is 13.6. The van der Waals surface area contributed by atoms with Crippen LogP contribution in [0.1, 0.15) is 42.9 Å². The van der Waals surface area contributed by atoms with E-state index in [1.165, 1.54) is 58.8 Å². The van der Waals surface area contributed by atoms with E-state index in [1.54, 1.807) is 0 Å². The molecule has 0 bridgehead atoms. The number of carbonyl (C=O) groups excluding carboxylic acids is 3. The van der Waals surface area contributed by atoms with Gasteiger partial charge in [-0.1, -0.05) is 60.7 Å². The van der Waals surface area contributed by atoms with Gasteiger partial charge in [-0.05, 0) is 95.9 Å². The number of aromatic nitrogens is 1. The van der Waals surface area contributed by atoms with Gasteiger partial charge >= 0.3 is 5.97 Å². The van der Waals surface area contributed by atoms with Crippen molar-refractivity contribution in [3.63, 3.8) is 0 Å². The largest absolute Gasteiger partial charge is 0.511 e. The van der Waals surface area contributed by atoms with E-state index in [0.29, 0.717) is 28.2 Å². The molecule has 1 fully saturated rings. The molecule has 0 radical (unpaired) electrons. The monoisotopic (exact) mass is 943 g/mol. The summed E-state index contributed by atoms with van der Waals surface area (Å²) in [6.07, 6.45) is -0.570. The molecule has 1 aromatic heterocycles. The van der Waals surface area contributed by atoms with Crippen molar-refractivity contribution in [3.8, 4) is 0 Å². The minimum atomic E-state index is -0.740. The quantitative estimate of drug-likeness (QED) is 0.0320. The normalized spacial score (nSPS) is 16.3. The minimum absolute atomic E-state index is 0.0135. The fourth-order valence-electron chi connectivity index (χ4n) is 8.23. The summed E-state index contributed by atoms with van der Waals surface area (Å²) < 4.78 is 12.3. The Labute approximate surface area is 399 Å². The number of aliphatic hydroxyl groups excluding tert-OH is 1. The van der Waals surface area contributed by atoms with Gasteiger partial charge in [-0.25, -0.2) is 9.78 Å². The molecule has 1 amide bonds. The number of β-lactam (4-membered cyclic amide) rings is 1. The number of hydrogen-bond donors (Lipinski definition) is 1. The number of carbonyl (C=O) groups is 3. The molecule has 2 aliphatic heterocycles. The lowest BCUT2D eigenvalue weighted by Crippen LogP contribution is -2.62. The summed E-state index contributed by atoms with van der Waals surface area (Å²) in [5, 5.41) is 19.4. The van der Waals surface area contributed by atoms with Gasteiger partial charge in [-0.15, -0.1) is 23.5 Å². The predicted molar refractivity (Wildman–Crippen MR) is 265 cm³/mol. The highest BCUT2D eigenvalue weighted by molar-refractivity contribution is 8.01. The van der Waals surface area contributed by atoms with Gasteiger partial charge in [0.1, 0.15) is 33.5 Å². The fraction of sp³-hybridized carbons (Fsp3) is 0.208. The van der Waals surface area contributed by atoms with Crippen molar-refractivity contribution in [1.29, 1.82) is 0 Å². The van der Waals surface area contributed by atoms with Gasteiger partial charge < -0.3 is 19.2 Å². The number of ketones is 1. The van der Waals surface area contributed by atoms with Gasteiger partial charge in [0.05, 0.1) is 22.7 Å². The van der Waals surface area contributed by atoms with Crippen LogP contribution < -0.4 is 21.0 Å². The van der Waals surface area contributed by atoms with Crippen LogP contribution in [0.5, 0.6) is 0 Å². The molecule has 13 nitrogen and oxygen atoms in total. The van der Waals surface area contributed by atoms with E-state index in [1.807, 2.05) is 128 Å². The molecule has 9 rings (SSSR count). The summed E-state index contributed by atoms with van der Waals surface area (Å²) in [6.45, 7) is 0. The summed E-state index contributed by atoms with van der Waals surface area (Å²) in [4.78, 5) is 76.1. The second kappa shape index (κ2) is 20.2. The van der Waals surface area contributed by atoms with Gasteiger partial charge in [0, 0.05) is 61.5 Å². The van der Waals surface area contributed by atoms with Crippen molar-refractivity contribution in [1.82, 2.24) is 9.88 Å². The van der Waals surface area contributed by atoms with Crippen molar-refractivity contribution >= 4 is 86.2 Å². The van der Waals surface area contributed by atoms with Crippen LogP contribution in [0.3, 0.4) is 0 Å². The lowest BCUT2D eigenvalue weighted by Gasteiger charge is -2.50. The number of nitrogens with zero attached hydrogens (tertiary/aromatic N) is 5. The summed E-state index contributed by atoms with van der Waals surface area (Å²) in [7, 11) is 3.96. The van der Waals surface area contributed by atoms with Crippen molar-refractivity contribution in [2.45, 2.75) is 42.1 Å². The van der Waals surface area contributed by atoms with E-state index in [9.17, 15) is 29.1 Å². The number of hydrogen-bond acceptors (Lipinski definition) is 14. The first-order valence-corrected chi connectivity index (χ1v) is 24.0. The van der Waals surface area contributed by atoms with Crippen molar-refractivity contribution in [2.75, 3.05) is 30.5 Å². The third kappa shape index (κ3) is 9.99. The highest BCUT2D eigenvalue weighted by Crippen LogP contribution is 2.47. The number of amides is 1. The van der Waals surface area contributed by atoms with Crippen LogP contribution in [-0.2, 0) is 19.1 Å². The Morgan fingerprint density at radius 2 is 1.49 bits per heavy atom. The highest BCUT2D eigenvalue weighted by Gasteiger charge is 2.54. The zero-order chi connectivity index (χ0) is 47.3. The summed E-state index contributed by atoms with van der Waals surface area (Å²) in [6, 6.07) is 41.3. The van der Waals surface area contributed by atoms with Crippen molar-refractivity contribution < 1.29 is 28.6 Å². The Bertz CT molecular complexity index is 3230. The Hall–Kier alpha value is -7.36. The molecule has 2 atom stereocenters. The van der Waals surface area contributed by atoms with E-state index >= 15 is 0 Å². The van der Waals surface area contributed by atoms with Crippen LogP contribution in [0.25, 0.3) is 28.0 Å². The van der Waals surface area contributed by atoms with Crippen molar-refractivity contribution in [3.05, 3.63) is 188 Å². The van der Waals surface area contributed by atoms with E-state index in [4.69, 9.17) is 9.15 Å². The molecular formula is C53H45N5O8S2. The second-order valence-electron chi connectivity index (χ2n) is 16.6. The Balaban J connectivity index is 0.907. The van der Waals surface area contributed by atoms with Gasteiger partial charge in [0.15, 0.2) is 28.1 Å². The van der Waals surface area contributed by atoms with Gasteiger partial charge in [0.25, 0.3) is 0 Å². The topological polar surface area (TPSA) is 172 Å². The van der Waals surface area contributed by atoms with Gasteiger partial charge in [0.2, 0.25) is 5.91 Å². The zero-order valence-corrected chi connectivity index (χ0v) is 38.7. The van der Waals surface area contributed by atoms with E-state index < -0.39 is 28.8 Å². The molecular weight excluding hydrogens is 899 g/mol. The van der Waals surface area contributed by atoms with E-state index in [2.05, 4.69) is 15.2 Å². The smallest absolute Gasteiger partial charge is 0.356 e. The number of azo groups is 1. The number of fused-ring (bicyclic) bond motifs is 3. The minimum Gasteiger partial charge on any atom is -0.511 e. The first-order valence-electron chi connectivity index (χ1n) is 22.0. The summed E-state index contributed by atoms with van der Waals surface area (Å²) >= 11 is 3.04. The van der Waals surface area contributed by atoms with Crippen LogP contribution in [0.2, 0.25) is 0 Å². The second-order valence-corrected chi connectivity index (χ2v) is 18.8. The lowest BCUT2D eigenvalue weighted by molar-refractivity contribution is -0.157. The predicted octanol–water partition coefficient (Wildman–Crippen LogP) is 9.61. The highest BCUT2D eigenvalue weighted by atomic mass is 32.2. The average Bonchev–Trinajstić information content (AvgIpc) is 3.35. The van der Waals surface area contributed by atoms with E-state index in [-0.39, 0.29) is 70.6 Å².